The molecule has 0 aliphatic carbocycles. The summed E-state index contributed by atoms with van der Waals surface area (Å²) >= 11 is 0. The van der Waals surface area contributed by atoms with Crippen molar-refractivity contribution < 1.29 is 23.8 Å². The van der Waals surface area contributed by atoms with E-state index < -0.39 is 18.2 Å². The molecule has 0 bridgehead atoms. The fraction of sp³-hybridized carbons (Fsp3) is 0.500. The summed E-state index contributed by atoms with van der Waals surface area (Å²) in [5.74, 6) is -0.300. The van der Waals surface area contributed by atoms with E-state index in [0.29, 0.717) is 12.2 Å². The third kappa shape index (κ3) is 2.47. The maximum Gasteiger partial charge on any atom is 0.509 e. The Morgan fingerprint density at radius 3 is 2.92 bits per heavy atom. The summed E-state index contributed by atoms with van der Waals surface area (Å²) in [5.41, 5.74) is 0. The molecule has 1 atom stereocenters. The Kier molecular flexibility index (Phi) is 2.89. The van der Waals surface area contributed by atoms with Crippen LogP contribution in [-0.2, 0) is 19.0 Å². The molecule has 1 aliphatic heterocycles. The normalized spacial score (nSPS) is 20.4. The van der Waals surface area contributed by atoms with Gasteiger partial charge in [0.25, 0.3) is 0 Å². The first-order valence-electron chi connectivity index (χ1n) is 3.86. The van der Waals surface area contributed by atoms with Crippen LogP contribution in [0, 0.1) is 0 Å². The molecule has 1 saturated heterocycles. The minimum atomic E-state index is -0.948. The van der Waals surface area contributed by atoms with Gasteiger partial charge in [-0.1, -0.05) is 13.5 Å². The van der Waals surface area contributed by atoms with Gasteiger partial charge in [-0.3, -0.25) is 0 Å². The molecule has 0 amide bonds. The SMILES string of the molecule is C=C(CC)OC(=O)C1COC(=O)O1. The molecule has 0 N–H and O–H groups in total. The predicted octanol–water partition coefficient (Wildman–Crippen LogP) is 0.989. The van der Waals surface area contributed by atoms with Gasteiger partial charge < -0.3 is 14.2 Å². The molecule has 1 heterocycles. The Labute approximate surface area is 75.3 Å². The molecule has 1 rings (SSSR count). The zero-order chi connectivity index (χ0) is 9.84. The average molecular weight is 186 g/mol. The fourth-order valence-electron chi connectivity index (χ4n) is 0.724. The van der Waals surface area contributed by atoms with Gasteiger partial charge in [-0.25, -0.2) is 9.59 Å². The van der Waals surface area contributed by atoms with Gasteiger partial charge in [0.05, 0.1) is 0 Å². The lowest BCUT2D eigenvalue weighted by molar-refractivity contribution is -0.147. The predicted molar refractivity (Wildman–Crippen MR) is 41.7 cm³/mol. The van der Waals surface area contributed by atoms with Crippen LogP contribution in [0.1, 0.15) is 13.3 Å². The highest BCUT2D eigenvalue weighted by atomic mass is 16.8. The average Bonchev–Trinajstić information content (AvgIpc) is 2.51. The van der Waals surface area contributed by atoms with Gasteiger partial charge in [-0.2, -0.15) is 0 Å². The molecular formula is C8H10O5. The molecule has 1 fully saturated rings. The largest absolute Gasteiger partial charge is 0.509 e. The summed E-state index contributed by atoms with van der Waals surface area (Å²) in [6.07, 6.45) is -1.26. The monoisotopic (exact) mass is 186 g/mol. The van der Waals surface area contributed by atoms with E-state index in [4.69, 9.17) is 4.74 Å². The van der Waals surface area contributed by atoms with Gasteiger partial charge in [0, 0.05) is 6.42 Å². The van der Waals surface area contributed by atoms with E-state index in [1.807, 2.05) is 0 Å². The van der Waals surface area contributed by atoms with E-state index in [-0.39, 0.29) is 6.61 Å². The van der Waals surface area contributed by atoms with Crippen LogP contribution in [0.3, 0.4) is 0 Å². The molecule has 1 aliphatic rings. The molecule has 0 radical (unpaired) electrons. The lowest BCUT2D eigenvalue weighted by Gasteiger charge is -2.07. The second kappa shape index (κ2) is 3.93. The summed E-state index contributed by atoms with van der Waals surface area (Å²) < 4.78 is 13.6. The van der Waals surface area contributed by atoms with Crippen LogP contribution < -0.4 is 0 Å². The first-order chi connectivity index (χ1) is 6.13. The number of cyclic esters (lactones) is 2. The molecule has 1 unspecified atom stereocenters. The highest BCUT2D eigenvalue weighted by molar-refractivity contribution is 5.80. The van der Waals surface area contributed by atoms with Gasteiger partial charge >= 0.3 is 12.1 Å². The molecule has 0 aromatic heterocycles. The number of allylic oxidation sites excluding steroid dienone is 1. The number of ether oxygens (including phenoxy) is 3. The number of hydrogen-bond acceptors (Lipinski definition) is 5. The van der Waals surface area contributed by atoms with E-state index in [2.05, 4.69) is 16.1 Å². The molecule has 13 heavy (non-hydrogen) atoms. The Morgan fingerprint density at radius 1 is 1.77 bits per heavy atom. The quantitative estimate of drug-likeness (QED) is 0.485. The standard InChI is InChI=1S/C8H10O5/c1-3-5(2)12-7(9)6-4-11-8(10)13-6/h6H,2-4H2,1H3. The van der Waals surface area contributed by atoms with E-state index in [0.717, 1.165) is 0 Å². The van der Waals surface area contributed by atoms with Crippen LogP contribution in [0.5, 0.6) is 0 Å². The van der Waals surface area contributed by atoms with Crippen molar-refractivity contribution in [2.45, 2.75) is 19.4 Å². The minimum absolute atomic E-state index is 0.0886. The Morgan fingerprint density at radius 2 is 2.46 bits per heavy atom. The van der Waals surface area contributed by atoms with Crippen molar-refractivity contribution in [2.75, 3.05) is 6.61 Å². The van der Waals surface area contributed by atoms with Crippen LogP contribution in [0.25, 0.3) is 0 Å². The molecular weight excluding hydrogens is 176 g/mol. The molecule has 5 heteroatoms. The van der Waals surface area contributed by atoms with Crippen LogP contribution in [0.15, 0.2) is 12.3 Å². The topological polar surface area (TPSA) is 61.8 Å². The third-order valence-electron chi connectivity index (χ3n) is 1.49. The lowest BCUT2D eigenvalue weighted by atomic mass is 10.4. The number of rotatable bonds is 3. The van der Waals surface area contributed by atoms with Crippen LogP contribution >= 0.6 is 0 Å². The van der Waals surface area contributed by atoms with Gasteiger partial charge in [-0.05, 0) is 0 Å². The number of esters is 1. The Hall–Kier alpha value is -1.52. The smallest absolute Gasteiger partial charge is 0.430 e. The molecule has 0 spiro atoms. The second-order valence-corrected chi connectivity index (χ2v) is 2.48. The van der Waals surface area contributed by atoms with Crippen molar-refractivity contribution in [1.82, 2.24) is 0 Å². The van der Waals surface area contributed by atoms with E-state index in [1.165, 1.54) is 0 Å². The van der Waals surface area contributed by atoms with Crippen molar-refractivity contribution in [3.63, 3.8) is 0 Å². The Balaban J connectivity index is 2.40. The van der Waals surface area contributed by atoms with Crippen molar-refractivity contribution in [2.24, 2.45) is 0 Å². The van der Waals surface area contributed by atoms with Crippen molar-refractivity contribution >= 4 is 12.1 Å². The number of carbonyl (C=O) groups excluding carboxylic acids is 2. The first-order valence-corrected chi connectivity index (χ1v) is 3.86. The first kappa shape index (κ1) is 9.57. The van der Waals surface area contributed by atoms with E-state index in [1.54, 1.807) is 6.92 Å². The van der Waals surface area contributed by atoms with Gasteiger partial charge in [0.15, 0.2) is 0 Å². The van der Waals surface area contributed by atoms with Crippen molar-refractivity contribution in [3.8, 4) is 0 Å². The van der Waals surface area contributed by atoms with E-state index in [9.17, 15) is 9.59 Å². The maximum absolute atomic E-state index is 11.1. The van der Waals surface area contributed by atoms with Gasteiger partial charge in [0.2, 0.25) is 6.10 Å². The maximum atomic E-state index is 11.1. The minimum Gasteiger partial charge on any atom is -0.430 e. The highest BCUT2D eigenvalue weighted by Gasteiger charge is 2.33. The fourth-order valence-corrected chi connectivity index (χ4v) is 0.724. The zero-order valence-corrected chi connectivity index (χ0v) is 7.24. The zero-order valence-electron chi connectivity index (χ0n) is 7.24. The highest BCUT2D eigenvalue weighted by Crippen LogP contribution is 2.10. The summed E-state index contributed by atoms with van der Waals surface area (Å²) in [5, 5.41) is 0. The Bertz CT molecular complexity index is 245. The summed E-state index contributed by atoms with van der Waals surface area (Å²) in [4.78, 5) is 21.6. The molecule has 0 saturated carbocycles. The second-order valence-electron chi connectivity index (χ2n) is 2.48. The summed E-state index contributed by atoms with van der Waals surface area (Å²) in [6, 6.07) is 0. The van der Waals surface area contributed by atoms with Crippen LogP contribution in [0.4, 0.5) is 4.79 Å². The molecule has 0 aromatic rings. The third-order valence-corrected chi connectivity index (χ3v) is 1.49. The van der Waals surface area contributed by atoms with Crippen molar-refractivity contribution in [1.29, 1.82) is 0 Å². The van der Waals surface area contributed by atoms with Gasteiger partial charge in [-0.15, -0.1) is 0 Å². The molecule has 0 aromatic carbocycles. The lowest BCUT2D eigenvalue weighted by Crippen LogP contribution is -2.24. The summed E-state index contributed by atoms with van der Waals surface area (Å²) in [7, 11) is 0. The van der Waals surface area contributed by atoms with Crippen LogP contribution in [0.2, 0.25) is 0 Å². The van der Waals surface area contributed by atoms with Crippen LogP contribution in [-0.4, -0.2) is 24.8 Å². The number of hydrogen-bond donors (Lipinski definition) is 0. The molecule has 5 nitrogen and oxygen atoms in total. The van der Waals surface area contributed by atoms with Crippen molar-refractivity contribution in [3.05, 3.63) is 12.3 Å². The van der Waals surface area contributed by atoms with E-state index >= 15 is 0 Å². The number of carbonyl (C=O) groups is 2. The summed E-state index contributed by atoms with van der Waals surface area (Å²) in [6.45, 7) is 5.19. The van der Waals surface area contributed by atoms with Gasteiger partial charge in [0.1, 0.15) is 12.4 Å². The molecule has 72 valence electrons.